The average molecular weight is 263 g/mol. The molecule has 0 bridgehead atoms. The number of carbonyl (C=O) groups is 1. The Hall–Kier alpha value is -1.55. The number of anilines is 2. The topological polar surface area (TPSA) is 58.4 Å². The van der Waals surface area contributed by atoms with Crippen molar-refractivity contribution in [1.29, 1.82) is 0 Å². The second kappa shape index (κ2) is 7.79. The highest BCUT2D eigenvalue weighted by atomic mass is 16.2. The van der Waals surface area contributed by atoms with E-state index in [2.05, 4.69) is 31.0 Å². The minimum Gasteiger partial charge on any atom is -0.399 e. The number of hydrogen-bond acceptors (Lipinski definition) is 3. The van der Waals surface area contributed by atoms with E-state index in [1.807, 2.05) is 12.1 Å². The van der Waals surface area contributed by atoms with E-state index in [4.69, 9.17) is 5.73 Å². The van der Waals surface area contributed by atoms with Crippen LogP contribution in [0.2, 0.25) is 0 Å². The second-order valence-corrected chi connectivity index (χ2v) is 5.01. The van der Waals surface area contributed by atoms with Gasteiger partial charge in [-0.2, -0.15) is 0 Å². The van der Waals surface area contributed by atoms with Crippen molar-refractivity contribution in [2.45, 2.75) is 27.2 Å². The number of benzene rings is 1. The molecule has 0 saturated heterocycles. The Kier molecular flexibility index (Phi) is 6.36. The highest BCUT2D eigenvalue weighted by molar-refractivity contribution is 5.92. The molecule has 1 rings (SSSR count). The minimum absolute atomic E-state index is 0.00996. The summed E-state index contributed by atoms with van der Waals surface area (Å²) in [4.78, 5) is 14.1. The molecule has 19 heavy (non-hydrogen) atoms. The quantitative estimate of drug-likeness (QED) is 0.743. The summed E-state index contributed by atoms with van der Waals surface area (Å²) in [6, 6.07) is 7.25. The molecule has 0 aliphatic rings. The fourth-order valence-corrected chi connectivity index (χ4v) is 1.90. The standard InChI is InChI=1S/C15H25N3O/c1-4-12(3)10-18(5-2)11-15(19)17-14-8-6-7-13(16)9-14/h6-9,12H,4-5,10-11,16H2,1-3H3,(H,17,19). The monoisotopic (exact) mass is 263 g/mol. The number of nitrogens with zero attached hydrogens (tertiary/aromatic N) is 1. The zero-order valence-electron chi connectivity index (χ0n) is 12.1. The van der Waals surface area contributed by atoms with Gasteiger partial charge in [-0.05, 0) is 30.7 Å². The van der Waals surface area contributed by atoms with E-state index in [1.54, 1.807) is 12.1 Å². The summed E-state index contributed by atoms with van der Waals surface area (Å²) >= 11 is 0. The lowest BCUT2D eigenvalue weighted by molar-refractivity contribution is -0.117. The molecule has 106 valence electrons. The summed E-state index contributed by atoms with van der Waals surface area (Å²) in [5, 5.41) is 2.88. The van der Waals surface area contributed by atoms with Gasteiger partial charge in [0.05, 0.1) is 6.54 Å². The van der Waals surface area contributed by atoms with Gasteiger partial charge in [0, 0.05) is 17.9 Å². The van der Waals surface area contributed by atoms with Crippen molar-refractivity contribution in [3.63, 3.8) is 0 Å². The molecule has 0 heterocycles. The molecule has 0 spiro atoms. The lowest BCUT2D eigenvalue weighted by Crippen LogP contribution is -2.36. The lowest BCUT2D eigenvalue weighted by Gasteiger charge is -2.23. The number of nitrogens with one attached hydrogen (secondary N) is 1. The van der Waals surface area contributed by atoms with Crippen LogP contribution in [-0.2, 0) is 4.79 Å². The summed E-state index contributed by atoms with van der Waals surface area (Å²) < 4.78 is 0. The lowest BCUT2D eigenvalue weighted by atomic mass is 10.1. The Morgan fingerprint density at radius 2 is 2.16 bits per heavy atom. The first-order valence-corrected chi connectivity index (χ1v) is 6.92. The van der Waals surface area contributed by atoms with E-state index in [1.165, 1.54) is 0 Å². The van der Waals surface area contributed by atoms with Crippen LogP contribution < -0.4 is 11.1 Å². The van der Waals surface area contributed by atoms with Crippen LogP contribution >= 0.6 is 0 Å². The van der Waals surface area contributed by atoms with Gasteiger partial charge in [0.25, 0.3) is 0 Å². The molecule has 1 atom stereocenters. The van der Waals surface area contributed by atoms with E-state index >= 15 is 0 Å². The first-order valence-electron chi connectivity index (χ1n) is 6.92. The number of nitrogens with two attached hydrogens (primary N) is 1. The Bertz CT molecular complexity index is 406. The molecule has 0 radical (unpaired) electrons. The fourth-order valence-electron chi connectivity index (χ4n) is 1.90. The summed E-state index contributed by atoms with van der Waals surface area (Å²) in [7, 11) is 0. The highest BCUT2D eigenvalue weighted by Crippen LogP contribution is 2.12. The molecule has 4 nitrogen and oxygen atoms in total. The van der Waals surface area contributed by atoms with E-state index in [9.17, 15) is 4.79 Å². The molecule has 0 fully saturated rings. The Balaban J connectivity index is 2.49. The molecule has 0 saturated carbocycles. The normalized spacial score (nSPS) is 12.4. The van der Waals surface area contributed by atoms with Crippen molar-refractivity contribution in [2.75, 3.05) is 30.7 Å². The van der Waals surface area contributed by atoms with Gasteiger partial charge in [-0.1, -0.05) is 33.3 Å². The van der Waals surface area contributed by atoms with Crippen molar-refractivity contribution in [2.24, 2.45) is 5.92 Å². The first-order chi connectivity index (χ1) is 9.05. The van der Waals surface area contributed by atoms with Crippen LogP contribution in [0, 0.1) is 5.92 Å². The van der Waals surface area contributed by atoms with E-state index < -0.39 is 0 Å². The Morgan fingerprint density at radius 1 is 1.42 bits per heavy atom. The van der Waals surface area contributed by atoms with Crippen LogP contribution in [0.3, 0.4) is 0 Å². The molecule has 1 aromatic carbocycles. The maximum atomic E-state index is 12.0. The second-order valence-electron chi connectivity index (χ2n) is 5.01. The SMILES string of the molecule is CCC(C)CN(CC)CC(=O)Nc1cccc(N)c1. The van der Waals surface area contributed by atoms with Crippen molar-refractivity contribution < 1.29 is 4.79 Å². The predicted molar refractivity (Wildman–Crippen MR) is 81.1 cm³/mol. The average Bonchev–Trinajstić information content (AvgIpc) is 2.37. The molecule has 1 unspecified atom stereocenters. The minimum atomic E-state index is 0.00996. The third kappa shape index (κ3) is 5.75. The summed E-state index contributed by atoms with van der Waals surface area (Å²) in [6.07, 6.45) is 1.13. The summed E-state index contributed by atoms with van der Waals surface area (Å²) in [5.74, 6) is 0.621. The molecule has 1 aromatic rings. The van der Waals surface area contributed by atoms with Crippen LogP contribution in [0.25, 0.3) is 0 Å². The molecule has 4 heteroatoms. The molecule has 0 aliphatic carbocycles. The van der Waals surface area contributed by atoms with Gasteiger partial charge in [-0.15, -0.1) is 0 Å². The molecule has 1 amide bonds. The Labute approximate surface area is 116 Å². The largest absolute Gasteiger partial charge is 0.399 e. The van der Waals surface area contributed by atoms with E-state index in [-0.39, 0.29) is 5.91 Å². The molecule has 0 aliphatic heterocycles. The third-order valence-corrected chi connectivity index (χ3v) is 3.25. The number of likely N-dealkylation sites (N-methyl/N-ethyl adjacent to an activating group) is 1. The predicted octanol–water partition coefficient (Wildman–Crippen LogP) is 2.58. The number of amides is 1. The maximum Gasteiger partial charge on any atom is 0.238 e. The zero-order chi connectivity index (χ0) is 14.3. The third-order valence-electron chi connectivity index (χ3n) is 3.25. The number of rotatable bonds is 7. The van der Waals surface area contributed by atoms with Crippen LogP contribution in [0.1, 0.15) is 27.2 Å². The van der Waals surface area contributed by atoms with E-state index in [0.29, 0.717) is 18.2 Å². The number of carbonyl (C=O) groups excluding carboxylic acids is 1. The van der Waals surface area contributed by atoms with E-state index in [0.717, 1.165) is 25.2 Å². The zero-order valence-corrected chi connectivity index (χ0v) is 12.1. The summed E-state index contributed by atoms with van der Waals surface area (Å²) in [5.41, 5.74) is 7.10. The number of nitrogen functional groups attached to an aromatic ring is 1. The maximum absolute atomic E-state index is 12.0. The first kappa shape index (κ1) is 15.5. The van der Waals surface area contributed by atoms with Gasteiger partial charge in [0.2, 0.25) is 5.91 Å². The van der Waals surface area contributed by atoms with Gasteiger partial charge in [-0.3, -0.25) is 9.69 Å². The smallest absolute Gasteiger partial charge is 0.238 e. The number of hydrogen-bond donors (Lipinski definition) is 2. The highest BCUT2D eigenvalue weighted by Gasteiger charge is 2.11. The van der Waals surface area contributed by atoms with Crippen molar-refractivity contribution in [3.05, 3.63) is 24.3 Å². The van der Waals surface area contributed by atoms with Crippen molar-refractivity contribution >= 4 is 17.3 Å². The van der Waals surface area contributed by atoms with Crippen LogP contribution in [0.15, 0.2) is 24.3 Å². The summed E-state index contributed by atoms with van der Waals surface area (Å²) in [6.45, 7) is 8.72. The Morgan fingerprint density at radius 3 is 2.74 bits per heavy atom. The van der Waals surface area contributed by atoms with Crippen LogP contribution in [0.4, 0.5) is 11.4 Å². The van der Waals surface area contributed by atoms with Gasteiger partial charge in [0.15, 0.2) is 0 Å². The van der Waals surface area contributed by atoms with Crippen LogP contribution in [-0.4, -0.2) is 30.4 Å². The van der Waals surface area contributed by atoms with Gasteiger partial charge >= 0.3 is 0 Å². The fraction of sp³-hybridized carbons (Fsp3) is 0.533. The van der Waals surface area contributed by atoms with Crippen molar-refractivity contribution in [1.82, 2.24) is 4.90 Å². The van der Waals surface area contributed by atoms with Gasteiger partial charge in [0.1, 0.15) is 0 Å². The molecular formula is C15H25N3O. The molecule has 3 N–H and O–H groups in total. The van der Waals surface area contributed by atoms with Gasteiger partial charge in [-0.25, -0.2) is 0 Å². The van der Waals surface area contributed by atoms with Gasteiger partial charge < -0.3 is 11.1 Å². The molecule has 0 aromatic heterocycles. The van der Waals surface area contributed by atoms with Crippen molar-refractivity contribution in [3.8, 4) is 0 Å². The molecular weight excluding hydrogens is 238 g/mol. The van der Waals surface area contributed by atoms with Crippen LogP contribution in [0.5, 0.6) is 0 Å².